The van der Waals surface area contributed by atoms with Crippen LogP contribution in [0.25, 0.3) is 0 Å². The van der Waals surface area contributed by atoms with Gasteiger partial charge in [-0.2, -0.15) is 4.98 Å². The van der Waals surface area contributed by atoms with Crippen LogP contribution in [-0.4, -0.2) is 27.2 Å². The summed E-state index contributed by atoms with van der Waals surface area (Å²) in [6, 6.07) is 0. The maximum absolute atomic E-state index is 9.70. The Morgan fingerprint density at radius 3 is 3.11 bits per heavy atom. The summed E-state index contributed by atoms with van der Waals surface area (Å²) in [5, 5.41) is 13.4. The first-order valence-corrected chi connectivity index (χ1v) is 6.59. The molecule has 0 bridgehead atoms. The molecule has 0 saturated heterocycles. The van der Waals surface area contributed by atoms with Crippen LogP contribution < -0.4 is 11.1 Å². The van der Waals surface area contributed by atoms with E-state index in [4.69, 9.17) is 17.3 Å². The van der Waals surface area contributed by atoms with Gasteiger partial charge in [-0.15, -0.1) is 0 Å². The van der Waals surface area contributed by atoms with Gasteiger partial charge in [0.2, 0.25) is 5.95 Å². The number of aromatic nitrogens is 2. The number of aliphatic hydroxyl groups excluding tert-OH is 1. The fourth-order valence-electron chi connectivity index (χ4n) is 2.68. The third-order valence-electron chi connectivity index (χ3n) is 3.54. The van der Waals surface area contributed by atoms with Crippen LogP contribution in [0.15, 0.2) is 6.20 Å². The molecule has 6 heteroatoms. The van der Waals surface area contributed by atoms with Crippen LogP contribution in [0.2, 0.25) is 5.02 Å². The van der Waals surface area contributed by atoms with E-state index in [-0.39, 0.29) is 18.1 Å². The number of aliphatic hydroxyl groups is 1. The van der Waals surface area contributed by atoms with Crippen molar-refractivity contribution >= 4 is 23.4 Å². The zero-order valence-electron chi connectivity index (χ0n) is 10.5. The van der Waals surface area contributed by atoms with Crippen molar-refractivity contribution in [2.24, 2.45) is 5.92 Å². The predicted molar refractivity (Wildman–Crippen MR) is 72.5 cm³/mol. The number of rotatable bonds is 3. The van der Waals surface area contributed by atoms with Gasteiger partial charge in [-0.3, -0.25) is 0 Å². The van der Waals surface area contributed by atoms with Crippen LogP contribution in [0.3, 0.4) is 0 Å². The molecule has 0 aliphatic heterocycles. The molecule has 1 fully saturated rings. The largest absolute Gasteiger partial charge is 0.394 e. The number of halogens is 1. The molecule has 0 aromatic carbocycles. The molecular formula is C12H19ClN4O. The molecule has 0 radical (unpaired) electrons. The summed E-state index contributed by atoms with van der Waals surface area (Å²) in [5.74, 6) is 1.27. The molecule has 4 N–H and O–H groups in total. The van der Waals surface area contributed by atoms with Gasteiger partial charge in [0, 0.05) is 0 Å². The lowest BCUT2D eigenvalue weighted by Crippen LogP contribution is -2.46. The smallest absolute Gasteiger partial charge is 0.222 e. The van der Waals surface area contributed by atoms with Crippen molar-refractivity contribution in [2.75, 3.05) is 17.7 Å². The van der Waals surface area contributed by atoms with Gasteiger partial charge in [0.1, 0.15) is 5.02 Å². The van der Waals surface area contributed by atoms with Gasteiger partial charge in [0.25, 0.3) is 0 Å². The lowest BCUT2D eigenvalue weighted by Gasteiger charge is -2.39. The number of anilines is 2. The molecule has 2 unspecified atom stereocenters. The summed E-state index contributed by atoms with van der Waals surface area (Å²) in [6.45, 7) is 2.26. The molecule has 1 saturated carbocycles. The highest BCUT2D eigenvalue weighted by molar-refractivity contribution is 6.32. The first kappa shape index (κ1) is 13.4. The highest BCUT2D eigenvalue weighted by Gasteiger charge is 2.35. The summed E-state index contributed by atoms with van der Waals surface area (Å²) in [7, 11) is 0. The van der Waals surface area contributed by atoms with E-state index in [1.54, 1.807) is 0 Å². The fraction of sp³-hybridized carbons (Fsp3) is 0.667. The van der Waals surface area contributed by atoms with Crippen molar-refractivity contribution in [2.45, 2.75) is 38.1 Å². The molecule has 5 nitrogen and oxygen atoms in total. The van der Waals surface area contributed by atoms with Crippen LogP contribution in [0.5, 0.6) is 0 Å². The third-order valence-corrected chi connectivity index (χ3v) is 3.82. The number of nitrogens with zero attached hydrogens (tertiary/aromatic N) is 2. The van der Waals surface area contributed by atoms with E-state index in [1.807, 2.05) is 0 Å². The van der Waals surface area contributed by atoms with Crippen LogP contribution in [0.4, 0.5) is 11.8 Å². The minimum absolute atomic E-state index is 0.0670. The summed E-state index contributed by atoms with van der Waals surface area (Å²) in [6.07, 6.45) is 5.58. The molecule has 18 heavy (non-hydrogen) atoms. The lowest BCUT2D eigenvalue weighted by atomic mass is 9.77. The Balaban J connectivity index is 2.21. The van der Waals surface area contributed by atoms with E-state index in [0.29, 0.717) is 16.8 Å². The molecule has 0 spiro atoms. The summed E-state index contributed by atoms with van der Waals surface area (Å²) in [5.41, 5.74) is 5.22. The molecule has 2 atom stereocenters. The number of nitrogen functional groups attached to an aromatic ring is 1. The quantitative estimate of drug-likeness (QED) is 0.783. The normalized spacial score (nSPS) is 28.1. The minimum Gasteiger partial charge on any atom is -0.394 e. The molecular weight excluding hydrogens is 252 g/mol. The Morgan fingerprint density at radius 1 is 1.67 bits per heavy atom. The highest BCUT2D eigenvalue weighted by atomic mass is 35.5. The summed E-state index contributed by atoms with van der Waals surface area (Å²) in [4.78, 5) is 7.93. The van der Waals surface area contributed by atoms with Crippen molar-refractivity contribution in [3.8, 4) is 0 Å². The summed E-state index contributed by atoms with van der Waals surface area (Å²) < 4.78 is 0. The topological polar surface area (TPSA) is 84.1 Å². The molecule has 1 aromatic rings. The SMILES string of the molecule is CC1CCCC(CO)(Nc2nc(N)ncc2Cl)C1. The van der Waals surface area contributed by atoms with Gasteiger partial charge in [0.15, 0.2) is 5.82 Å². The van der Waals surface area contributed by atoms with Gasteiger partial charge < -0.3 is 16.2 Å². The third kappa shape index (κ3) is 2.84. The monoisotopic (exact) mass is 270 g/mol. The van der Waals surface area contributed by atoms with Crippen molar-refractivity contribution in [1.29, 1.82) is 0 Å². The molecule has 2 rings (SSSR count). The van der Waals surface area contributed by atoms with Crippen molar-refractivity contribution < 1.29 is 5.11 Å². The zero-order chi connectivity index (χ0) is 13.2. The Labute approximate surface area is 112 Å². The van der Waals surface area contributed by atoms with Gasteiger partial charge >= 0.3 is 0 Å². The summed E-state index contributed by atoms with van der Waals surface area (Å²) >= 11 is 6.05. The number of nitrogens with two attached hydrogens (primary N) is 1. The standard InChI is InChI=1S/C12H19ClN4O/c1-8-3-2-4-12(5-8,7-18)17-10-9(13)6-15-11(14)16-10/h6,8,18H,2-5,7H2,1H3,(H3,14,15,16,17). The van der Waals surface area contributed by atoms with Crippen molar-refractivity contribution in [3.63, 3.8) is 0 Å². The molecule has 100 valence electrons. The molecule has 1 heterocycles. The van der Waals surface area contributed by atoms with Crippen LogP contribution in [0, 0.1) is 5.92 Å². The second kappa shape index (κ2) is 5.28. The molecule has 1 aliphatic rings. The van der Waals surface area contributed by atoms with Crippen molar-refractivity contribution in [1.82, 2.24) is 9.97 Å². The average molecular weight is 271 g/mol. The van der Waals surface area contributed by atoms with Crippen LogP contribution in [0.1, 0.15) is 32.6 Å². The number of hydrogen-bond donors (Lipinski definition) is 3. The molecule has 1 aliphatic carbocycles. The zero-order valence-corrected chi connectivity index (χ0v) is 11.2. The molecule has 1 aromatic heterocycles. The van der Waals surface area contributed by atoms with E-state index < -0.39 is 0 Å². The second-order valence-corrected chi connectivity index (χ2v) is 5.60. The van der Waals surface area contributed by atoms with Gasteiger partial charge in [-0.1, -0.05) is 31.4 Å². The Bertz CT molecular complexity index is 429. The maximum Gasteiger partial charge on any atom is 0.222 e. The van der Waals surface area contributed by atoms with Crippen LogP contribution >= 0.6 is 11.6 Å². The number of nitrogens with one attached hydrogen (secondary N) is 1. The predicted octanol–water partition coefficient (Wildman–Crippen LogP) is 2.07. The molecule has 0 amide bonds. The van der Waals surface area contributed by atoms with Crippen LogP contribution in [-0.2, 0) is 0 Å². The van der Waals surface area contributed by atoms with E-state index >= 15 is 0 Å². The fourth-order valence-corrected chi connectivity index (χ4v) is 2.81. The first-order chi connectivity index (χ1) is 8.54. The lowest BCUT2D eigenvalue weighted by molar-refractivity contribution is 0.149. The van der Waals surface area contributed by atoms with Gasteiger partial charge in [-0.05, 0) is 18.8 Å². The first-order valence-electron chi connectivity index (χ1n) is 6.22. The Kier molecular flexibility index (Phi) is 3.92. The van der Waals surface area contributed by atoms with E-state index in [9.17, 15) is 5.11 Å². The van der Waals surface area contributed by atoms with E-state index in [0.717, 1.165) is 19.3 Å². The Morgan fingerprint density at radius 2 is 2.44 bits per heavy atom. The minimum atomic E-state index is -0.345. The second-order valence-electron chi connectivity index (χ2n) is 5.19. The van der Waals surface area contributed by atoms with Gasteiger partial charge in [0.05, 0.1) is 18.3 Å². The Hall–Kier alpha value is -1.07. The van der Waals surface area contributed by atoms with E-state index in [1.165, 1.54) is 12.6 Å². The maximum atomic E-state index is 9.70. The average Bonchev–Trinajstić information content (AvgIpc) is 2.34. The van der Waals surface area contributed by atoms with Gasteiger partial charge in [-0.25, -0.2) is 4.98 Å². The number of hydrogen-bond acceptors (Lipinski definition) is 5. The van der Waals surface area contributed by atoms with Crippen molar-refractivity contribution in [3.05, 3.63) is 11.2 Å². The van der Waals surface area contributed by atoms with E-state index in [2.05, 4.69) is 22.2 Å². The highest BCUT2D eigenvalue weighted by Crippen LogP contribution is 2.35.